The van der Waals surface area contributed by atoms with Crippen molar-refractivity contribution in [2.75, 3.05) is 49.1 Å². The monoisotopic (exact) mass is 569 g/mol. The average Bonchev–Trinajstić information content (AvgIpc) is 3.35. The highest BCUT2D eigenvalue weighted by atomic mass is 19.4. The lowest BCUT2D eigenvalue weighted by Crippen LogP contribution is -2.49. The highest BCUT2D eigenvalue weighted by molar-refractivity contribution is 5.94. The summed E-state index contributed by atoms with van der Waals surface area (Å²) >= 11 is 0. The number of pyridine rings is 1. The van der Waals surface area contributed by atoms with Crippen molar-refractivity contribution in [3.63, 3.8) is 0 Å². The van der Waals surface area contributed by atoms with Crippen LogP contribution in [0.25, 0.3) is 0 Å². The third-order valence-electron chi connectivity index (χ3n) is 7.11. The van der Waals surface area contributed by atoms with Crippen LogP contribution in [-0.2, 0) is 6.18 Å². The van der Waals surface area contributed by atoms with Crippen LogP contribution in [0.3, 0.4) is 0 Å². The Labute approximate surface area is 232 Å². The number of nitriles is 1. The number of carbonyl (C=O) groups is 1. The van der Waals surface area contributed by atoms with Crippen molar-refractivity contribution in [1.29, 1.82) is 5.26 Å². The fraction of sp³-hybridized carbons (Fsp3) is 0.370. The molecule has 1 aromatic carbocycles. The number of halogens is 3. The summed E-state index contributed by atoms with van der Waals surface area (Å²) in [5.74, 6) is 0.888. The maximum absolute atomic E-state index is 13.6. The molecule has 1 amide bonds. The second kappa shape index (κ2) is 11.5. The third-order valence-corrected chi connectivity index (χ3v) is 7.11. The number of ether oxygens (including phenoxy) is 1. The zero-order chi connectivity index (χ0) is 29.1. The summed E-state index contributed by atoms with van der Waals surface area (Å²) in [6.45, 7) is 1.86. The van der Waals surface area contributed by atoms with Gasteiger partial charge in [-0.3, -0.25) is 9.59 Å². The largest absolute Gasteiger partial charge is 0.491 e. The van der Waals surface area contributed by atoms with Gasteiger partial charge in [0.2, 0.25) is 0 Å². The number of aromatic amines is 1. The molecule has 3 aromatic rings. The number of alkyl halides is 3. The molecule has 2 fully saturated rings. The number of benzene rings is 1. The number of β-amino-alcohol motifs (C(OH)–C–C–N with tert-alkyl or cyclic N) is 1. The number of rotatable bonds is 6. The Bertz CT molecular complexity index is 1500. The molecule has 2 N–H and O–H groups in total. The molecule has 2 saturated heterocycles. The second-order valence-corrected chi connectivity index (χ2v) is 9.79. The minimum Gasteiger partial charge on any atom is -0.491 e. The van der Waals surface area contributed by atoms with Crippen molar-refractivity contribution < 1.29 is 27.8 Å². The minimum atomic E-state index is -4.91. The molecule has 0 unspecified atom stereocenters. The quantitative estimate of drug-likeness (QED) is 0.457. The van der Waals surface area contributed by atoms with Crippen LogP contribution in [0, 0.1) is 11.3 Å². The molecule has 0 bridgehead atoms. The topological polar surface area (TPSA) is 139 Å². The molecule has 2 atom stereocenters. The van der Waals surface area contributed by atoms with Crippen molar-refractivity contribution in [1.82, 2.24) is 20.1 Å². The Kier molecular flexibility index (Phi) is 7.80. The van der Waals surface area contributed by atoms with Crippen molar-refractivity contribution >= 4 is 17.4 Å². The van der Waals surface area contributed by atoms with Crippen molar-refractivity contribution in [2.45, 2.75) is 24.7 Å². The molecule has 214 valence electrons. The number of hydrogen-bond donors (Lipinski definition) is 2. The zero-order valence-corrected chi connectivity index (χ0v) is 21.7. The van der Waals surface area contributed by atoms with Crippen LogP contribution < -0.4 is 20.1 Å². The van der Waals surface area contributed by atoms with E-state index in [4.69, 9.17) is 10.00 Å². The molecule has 14 heteroatoms. The molecule has 2 aromatic heterocycles. The Balaban J connectivity index is 1.23. The first-order valence-corrected chi connectivity index (χ1v) is 12.9. The van der Waals surface area contributed by atoms with E-state index in [9.17, 15) is 27.9 Å². The lowest BCUT2D eigenvalue weighted by atomic mass is 10.1. The van der Waals surface area contributed by atoms with Gasteiger partial charge in [-0.2, -0.15) is 23.5 Å². The van der Waals surface area contributed by atoms with Gasteiger partial charge in [0, 0.05) is 44.5 Å². The summed E-state index contributed by atoms with van der Waals surface area (Å²) in [6.07, 6.45) is -3.28. The van der Waals surface area contributed by atoms with Gasteiger partial charge in [-0.25, -0.2) is 10.1 Å². The number of piperazine rings is 1. The number of aliphatic hydroxyl groups is 1. The molecule has 4 heterocycles. The van der Waals surface area contributed by atoms with E-state index in [1.807, 2.05) is 16.1 Å². The van der Waals surface area contributed by atoms with E-state index in [2.05, 4.69) is 10.1 Å². The van der Waals surface area contributed by atoms with Gasteiger partial charge in [-0.1, -0.05) is 6.07 Å². The van der Waals surface area contributed by atoms with Crippen LogP contribution in [0.4, 0.5) is 24.7 Å². The van der Waals surface area contributed by atoms with Gasteiger partial charge in [0.15, 0.2) is 0 Å². The minimum absolute atomic E-state index is 0.0882. The van der Waals surface area contributed by atoms with E-state index in [0.29, 0.717) is 43.1 Å². The van der Waals surface area contributed by atoms with Crippen LogP contribution in [0.2, 0.25) is 0 Å². The van der Waals surface area contributed by atoms with Crippen LogP contribution >= 0.6 is 0 Å². The number of amides is 1. The van der Waals surface area contributed by atoms with E-state index < -0.39 is 35.1 Å². The number of nitrogens with zero attached hydrogens (tertiary/aromatic N) is 6. The van der Waals surface area contributed by atoms with Crippen LogP contribution in [0.5, 0.6) is 5.75 Å². The number of hydrogen-bond acceptors (Lipinski definition) is 9. The molecular formula is C27H26F3N7O4. The Morgan fingerprint density at radius 2 is 1.95 bits per heavy atom. The van der Waals surface area contributed by atoms with Crippen molar-refractivity contribution in [3.8, 4) is 11.8 Å². The molecule has 2 aliphatic rings. The standard InChI is InChI=1S/C27H26F3N7O4/c28-27(29,30)24-22(14-33-34-25(24)39)37-15-20(38)11-19(37)16-41-21-3-1-2-18(10-21)26(40)36-8-6-35(7-9-36)23-5-4-17(12-31)13-32-23/h1-5,10,13-14,19-20,38H,6-9,11,15-16H2,(H,34,39)/t19-,20-/m0/s1. The molecule has 5 rings (SSSR count). The number of nitrogens with one attached hydrogen (secondary N) is 1. The van der Waals surface area contributed by atoms with Crippen LogP contribution in [0.15, 0.2) is 53.6 Å². The number of aromatic nitrogens is 3. The Morgan fingerprint density at radius 3 is 2.63 bits per heavy atom. The van der Waals surface area contributed by atoms with Gasteiger partial charge in [-0.05, 0) is 36.8 Å². The van der Waals surface area contributed by atoms with Crippen molar-refractivity contribution in [3.05, 3.63) is 75.8 Å². The summed E-state index contributed by atoms with van der Waals surface area (Å²) in [6, 6.07) is 11.4. The van der Waals surface area contributed by atoms with E-state index in [0.717, 1.165) is 12.0 Å². The molecule has 0 spiro atoms. The fourth-order valence-corrected chi connectivity index (χ4v) is 5.10. The Hall–Kier alpha value is -4.64. The fourth-order valence-electron chi connectivity index (χ4n) is 5.10. The van der Waals surface area contributed by atoms with E-state index in [1.165, 1.54) is 11.1 Å². The Morgan fingerprint density at radius 1 is 1.17 bits per heavy atom. The van der Waals surface area contributed by atoms with Crippen molar-refractivity contribution in [2.24, 2.45) is 0 Å². The molecule has 0 saturated carbocycles. The highest BCUT2D eigenvalue weighted by Gasteiger charge is 2.42. The first-order chi connectivity index (χ1) is 19.6. The summed E-state index contributed by atoms with van der Waals surface area (Å²) in [5.41, 5.74) is -2.30. The molecular weight excluding hydrogens is 543 g/mol. The zero-order valence-electron chi connectivity index (χ0n) is 21.7. The SMILES string of the molecule is N#Cc1ccc(N2CCN(C(=O)c3cccc(OC[C@@H]4C[C@H](O)CN4c4cn[nH]c(=O)c4C(F)(F)F)c3)CC2)nc1. The number of anilines is 2. The third kappa shape index (κ3) is 6.09. The molecule has 41 heavy (non-hydrogen) atoms. The van der Waals surface area contributed by atoms with E-state index in [-0.39, 0.29) is 25.5 Å². The highest BCUT2D eigenvalue weighted by Crippen LogP contribution is 2.36. The van der Waals surface area contributed by atoms with Gasteiger partial charge < -0.3 is 24.5 Å². The summed E-state index contributed by atoms with van der Waals surface area (Å²) in [5, 5.41) is 24.5. The second-order valence-electron chi connectivity index (χ2n) is 9.79. The lowest BCUT2D eigenvalue weighted by Gasteiger charge is -2.35. The van der Waals surface area contributed by atoms with Gasteiger partial charge in [0.1, 0.15) is 29.8 Å². The summed E-state index contributed by atoms with van der Waals surface area (Å²) < 4.78 is 46.7. The van der Waals surface area contributed by atoms with Gasteiger partial charge in [0.05, 0.1) is 29.6 Å². The summed E-state index contributed by atoms with van der Waals surface area (Å²) in [4.78, 5) is 34.5. The lowest BCUT2D eigenvalue weighted by molar-refractivity contribution is -0.138. The molecule has 11 nitrogen and oxygen atoms in total. The van der Waals surface area contributed by atoms with Gasteiger partial charge >= 0.3 is 6.18 Å². The van der Waals surface area contributed by atoms with Gasteiger partial charge in [0.25, 0.3) is 11.5 Å². The smallest absolute Gasteiger partial charge is 0.423 e. The maximum atomic E-state index is 13.6. The number of carbonyl (C=O) groups excluding carboxylic acids is 1. The predicted octanol–water partition coefficient (Wildman–Crippen LogP) is 2.04. The molecule has 2 aliphatic heterocycles. The number of aliphatic hydroxyl groups excluding tert-OH is 1. The van der Waals surface area contributed by atoms with Crippen LogP contribution in [0.1, 0.15) is 27.9 Å². The first kappa shape index (κ1) is 27.9. The first-order valence-electron chi connectivity index (χ1n) is 12.9. The number of H-pyrrole nitrogens is 1. The average molecular weight is 570 g/mol. The normalized spacial score (nSPS) is 19.2. The predicted molar refractivity (Wildman–Crippen MR) is 141 cm³/mol. The van der Waals surface area contributed by atoms with E-state index in [1.54, 1.807) is 41.3 Å². The maximum Gasteiger partial charge on any atom is 0.423 e. The molecule has 0 aliphatic carbocycles. The summed E-state index contributed by atoms with van der Waals surface area (Å²) in [7, 11) is 0. The van der Waals surface area contributed by atoms with Crippen LogP contribution in [-0.4, -0.2) is 82.6 Å². The molecule has 0 radical (unpaired) electrons. The van der Waals surface area contributed by atoms with E-state index >= 15 is 0 Å². The van der Waals surface area contributed by atoms with Gasteiger partial charge in [-0.15, -0.1) is 0 Å².